The quantitative estimate of drug-likeness (QED) is 0.746. The van der Waals surface area contributed by atoms with Gasteiger partial charge in [-0.15, -0.1) is 0 Å². The first-order valence-corrected chi connectivity index (χ1v) is 9.16. The molecule has 0 bridgehead atoms. The fraction of sp³-hybridized carbons (Fsp3) is 0.417. The predicted molar refractivity (Wildman–Crippen MR) is 87.2 cm³/mol. The minimum absolute atomic E-state index is 0.0250. The fourth-order valence-electron chi connectivity index (χ4n) is 1.53. The van der Waals surface area contributed by atoms with Crippen LogP contribution in [0, 0.1) is 0 Å². The summed E-state index contributed by atoms with van der Waals surface area (Å²) in [6.45, 7) is 3.82. The van der Waals surface area contributed by atoms with Crippen molar-refractivity contribution < 1.29 is 13.2 Å². The number of carbonyl (C=O) groups is 1. The predicted octanol–water partition coefficient (Wildman–Crippen LogP) is 2.95. The maximum atomic E-state index is 12.3. The summed E-state index contributed by atoms with van der Waals surface area (Å²) in [5.74, 6) is -0.412. The number of halogens is 3. The summed E-state index contributed by atoms with van der Waals surface area (Å²) in [7, 11) is -4.00. The average molecular weight is 418 g/mol. The lowest BCUT2D eigenvalue weighted by molar-refractivity contribution is -0.122. The van der Waals surface area contributed by atoms with Crippen molar-refractivity contribution in [3.63, 3.8) is 0 Å². The van der Waals surface area contributed by atoms with Gasteiger partial charge in [0.2, 0.25) is 15.9 Å². The van der Waals surface area contributed by atoms with E-state index < -0.39 is 22.0 Å². The van der Waals surface area contributed by atoms with Crippen molar-refractivity contribution in [1.29, 1.82) is 0 Å². The Bertz CT molecular complexity index is 614. The third-order valence-electron chi connectivity index (χ3n) is 2.51. The van der Waals surface area contributed by atoms with Crippen molar-refractivity contribution >= 4 is 55.1 Å². The molecule has 1 unspecified atom stereocenters. The number of benzene rings is 1. The molecule has 0 aliphatic carbocycles. The van der Waals surface area contributed by atoms with Crippen LogP contribution >= 0.6 is 39.1 Å². The summed E-state index contributed by atoms with van der Waals surface area (Å²) < 4.78 is 27.4. The normalized spacial score (nSPS) is 13.0. The van der Waals surface area contributed by atoms with E-state index in [0.29, 0.717) is 11.0 Å². The second kappa shape index (κ2) is 7.78. The molecule has 0 spiro atoms. The van der Waals surface area contributed by atoms with Crippen LogP contribution in [0.3, 0.4) is 0 Å². The molecule has 0 saturated heterocycles. The minimum atomic E-state index is -4.00. The third kappa shape index (κ3) is 5.10. The monoisotopic (exact) mass is 416 g/mol. The highest BCUT2D eigenvalue weighted by atomic mass is 79.9. The summed E-state index contributed by atoms with van der Waals surface area (Å²) in [6, 6.07) is 1.91. The van der Waals surface area contributed by atoms with Crippen LogP contribution in [0.15, 0.2) is 21.5 Å². The molecule has 1 atom stereocenters. The Morgan fingerprint density at radius 2 is 1.86 bits per heavy atom. The topological polar surface area (TPSA) is 75.3 Å². The first-order chi connectivity index (χ1) is 9.69. The Kier molecular flexibility index (Phi) is 6.93. The highest BCUT2D eigenvalue weighted by Gasteiger charge is 2.26. The van der Waals surface area contributed by atoms with E-state index in [4.69, 9.17) is 23.2 Å². The van der Waals surface area contributed by atoms with Crippen molar-refractivity contribution in [2.45, 2.75) is 31.2 Å². The van der Waals surface area contributed by atoms with E-state index in [9.17, 15) is 13.2 Å². The van der Waals surface area contributed by atoms with Gasteiger partial charge in [-0.3, -0.25) is 4.79 Å². The molecule has 0 heterocycles. The molecule has 0 aliphatic rings. The third-order valence-corrected chi connectivity index (χ3v) is 5.43. The van der Waals surface area contributed by atoms with Crippen molar-refractivity contribution in [1.82, 2.24) is 10.0 Å². The number of nitrogens with one attached hydrogen (secondary N) is 2. The molecule has 1 rings (SSSR count). The van der Waals surface area contributed by atoms with E-state index in [2.05, 4.69) is 26.0 Å². The molecule has 0 saturated carbocycles. The molecule has 1 aromatic carbocycles. The van der Waals surface area contributed by atoms with Crippen LogP contribution in [0.1, 0.15) is 20.3 Å². The highest BCUT2D eigenvalue weighted by molar-refractivity contribution is 9.10. The van der Waals surface area contributed by atoms with Gasteiger partial charge in [-0.25, -0.2) is 8.42 Å². The molecule has 118 valence electrons. The van der Waals surface area contributed by atoms with Crippen LogP contribution in [0.5, 0.6) is 0 Å². The van der Waals surface area contributed by atoms with Gasteiger partial charge in [0, 0.05) is 11.0 Å². The number of rotatable bonds is 6. The largest absolute Gasteiger partial charge is 0.355 e. The van der Waals surface area contributed by atoms with Gasteiger partial charge in [-0.2, -0.15) is 4.72 Å². The molecule has 2 N–H and O–H groups in total. The van der Waals surface area contributed by atoms with Gasteiger partial charge in [0.05, 0.1) is 16.1 Å². The zero-order chi connectivity index (χ0) is 16.2. The number of carbonyl (C=O) groups excluding carboxylic acids is 1. The Labute approximate surface area is 142 Å². The molecule has 9 heteroatoms. The molecular weight excluding hydrogens is 403 g/mol. The van der Waals surface area contributed by atoms with E-state index in [1.165, 1.54) is 19.1 Å². The molecule has 5 nitrogen and oxygen atoms in total. The van der Waals surface area contributed by atoms with E-state index >= 15 is 0 Å². The van der Waals surface area contributed by atoms with Gasteiger partial charge in [0.1, 0.15) is 4.90 Å². The summed E-state index contributed by atoms with van der Waals surface area (Å²) in [4.78, 5) is 11.5. The zero-order valence-electron chi connectivity index (χ0n) is 11.4. The second-order valence-electron chi connectivity index (χ2n) is 4.33. The van der Waals surface area contributed by atoms with Crippen LogP contribution in [0.25, 0.3) is 0 Å². The summed E-state index contributed by atoms with van der Waals surface area (Å²) in [5.41, 5.74) is 0. The van der Waals surface area contributed by atoms with E-state index in [1.807, 2.05) is 6.92 Å². The SMILES string of the molecule is CCCNC(=O)C(C)NS(=O)(=O)c1c(Cl)cc(Br)cc1Cl. The van der Waals surface area contributed by atoms with E-state index in [-0.39, 0.29) is 14.9 Å². The van der Waals surface area contributed by atoms with Crippen LogP contribution < -0.4 is 10.0 Å². The summed E-state index contributed by atoms with van der Waals surface area (Å²) in [6.07, 6.45) is 0.760. The maximum absolute atomic E-state index is 12.3. The smallest absolute Gasteiger partial charge is 0.244 e. The van der Waals surface area contributed by atoms with Crippen LogP contribution in [-0.4, -0.2) is 26.9 Å². The fourth-order valence-corrected chi connectivity index (χ4v) is 4.67. The van der Waals surface area contributed by atoms with Crippen LogP contribution in [0.2, 0.25) is 10.0 Å². The first kappa shape index (κ1) is 18.7. The average Bonchev–Trinajstić information content (AvgIpc) is 2.33. The van der Waals surface area contributed by atoms with Gasteiger partial charge in [-0.1, -0.05) is 46.1 Å². The van der Waals surface area contributed by atoms with Crippen molar-refractivity contribution in [2.75, 3.05) is 6.54 Å². The molecule has 1 amide bonds. The van der Waals surface area contributed by atoms with Gasteiger partial charge >= 0.3 is 0 Å². The molecule has 0 aromatic heterocycles. The second-order valence-corrected chi connectivity index (χ2v) is 7.71. The van der Waals surface area contributed by atoms with Gasteiger partial charge in [-0.05, 0) is 25.5 Å². The maximum Gasteiger partial charge on any atom is 0.244 e. The molecule has 0 fully saturated rings. The minimum Gasteiger partial charge on any atom is -0.355 e. The Hall–Kier alpha value is -0.340. The lowest BCUT2D eigenvalue weighted by atomic mass is 10.3. The van der Waals surface area contributed by atoms with Gasteiger partial charge in [0.15, 0.2) is 0 Å². The first-order valence-electron chi connectivity index (χ1n) is 6.13. The van der Waals surface area contributed by atoms with Gasteiger partial charge in [0.25, 0.3) is 0 Å². The standard InChI is InChI=1S/C12H15BrCl2N2O3S/c1-3-4-16-12(18)7(2)17-21(19,20)11-9(14)5-8(13)6-10(11)15/h5-7,17H,3-4H2,1-2H3,(H,16,18). The molecule has 1 aromatic rings. The lowest BCUT2D eigenvalue weighted by Crippen LogP contribution is -2.45. The number of amides is 1. The summed E-state index contributed by atoms with van der Waals surface area (Å²) >= 11 is 15.0. The Morgan fingerprint density at radius 3 is 2.33 bits per heavy atom. The van der Waals surface area contributed by atoms with E-state index in [1.54, 1.807) is 0 Å². The number of hydrogen-bond donors (Lipinski definition) is 2. The van der Waals surface area contributed by atoms with Gasteiger partial charge < -0.3 is 5.32 Å². The summed E-state index contributed by atoms with van der Waals surface area (Å²) in [5, 5.41) is 2.56. The molecule has 0 aliphatic heterocycles. The number of hydrogen-bond acceptors (Lipinski definition) is 3. The van der Waals surface area contributed by atoms with Crippen LogP contribution in [0.4, 0.5) is 0 Å². The molecule has 0 radical (unpaired) electrons. The Balaban J connectivity index is 3.00. The molecule has 21 heavy (non-hydrogen) atoms. The molecular formula is C12H15BrCl2N2O3S. The van der Waals surface area contributed by atoms with Crippen molar-refractivity contribution in [2.24, 2.45) is 0 Å². The Morgan fingerprint density at radius 1 is 1.33 bits per heavy atom. The van der Waals surface area contributed by atoms with Crippen molar-refractivity contribution in [3.8, 4) is 0 Å². The van der Waals surface area contributed by atoms with E-state index in [0.717, 1.165) is 6.42 Å². The number of sulfonamides is 1. The van der Waals surface area contributed by atoms with Crippen LogP contribution in [-0.2, 0) is 14.8 Å². The zero-order valence-corrected chi connectivity index (χ0v) is 15.3. The highest BCUT2D eigenvalue weighted by Crippen LogP contribution is 2.32. The lowest BCUT2D eigenvalue weighted by Gasteiger charge is -2.15. The van der Waals surface area contributed by atoms with Crippen molar-refractivity contribution in [3.05, 3.63) is 26.7 Å².